The van der Waals surface area contributed by atoms with Crippen LogP contribution in [0.4, 0.5) is 5.69 Å². The first-order valence-corrected chi connectivity index (χ1v) is 7.03. The van der Waals surface area contributed by atoms with Gasteiger partial charge in [0, 0.05) is 29.6 Å². The van der Waals surface area contributed by atoms with Crippen LogP contribution in [0.3, 0.4) is 0 Å². The second-order valence-corrected chi connectivity index (χ2v) is 4.28. The standard InChI is InChI=1S/C14H15ClN2.C2H6/c1-16-13-8-6-11(14(15)10-13)5-7-12-4-2-3-9-17-12;1-2/h2-4,6,8-10,16H,5,7H2,1H3;1-2H3. The highest BCUT2D eigenvalue weighted by Crippen LogP contribution is 2.21. The van der Waals surface area contributed by atoms with E-state index < -0.39 is 0 Å². The molecule has 2 aromatic rings. The van der Waals surface area contributed by atoms with Crippen molar-refractivity contribution >= 4 is 17.3 Å². The smallest absolute Gasteiger partial charge is 0.0458 e. The van der Waals surface area contributed by atoms with E-state index in [-0.39, 0.29) is 0 Å². The quantitative estimate of drug-likeness (QED) is 0.884. The van der Waals surface area contributed by atoms with E-state index >= 15 is 0 Å². The second kappa shape index (κ2) is 8.54. The molecule has 0 fully saturated rings. The molecular weight excluding hydrogens is 256 g/mol. The lowest BCUT2D eigenvalue weighted by molar-refractivity contribution is 0.914. The highest BCUT2D eigenvalue weighted by atomic mass is 35.5. The SMILES string of the molecule is CC.CNc1ccc(CCc2ccccn2)c(Cl)c1. The topological polar surface area (TPSA) is 24.9 Å². The van der Waals surface area contributed by atoms with E-state index in [1.165, 1.54) is 0 Å². The summed E-state index contributed by atoms with van der Waals surface area (Å²) in [4.78, 5) is 4.30. The van der Waals surface area contributed by atoms with Crippen molar-refractivity contribution in [2.45, 2.75) is 26.7 Å². The maximum absolute atomic E-state index is 6.21. The van der Waals surface area contributed by atoms with Crippen LogP contribution in [-0.2, 0) is 12.8 Å². The Morgan fingerprint density at radius 3 is 2.47 bits per heavy atom. The van der Waals surface area contributed by atoms with Crippen molar-refractivity contribution in [2.24, 2.45) is 0 Å². The molecule has 2 rings (SSSR count). The average Bonchev–Trinajstić information content (AvgIpc) is 2.49. The number of hydrogen-bond acceptors (Lipinski definition) is 2. The van der Waals surface area contributed by atoms with Crippen molar-refractivity contribution in [2.75, 3.05) is 12.4 Å². The number of benzene rings is 1. The normalized spacial score (nSPS) is 9.47. The van der Waals surface area contributed by atoms with Crippen LogP contribution < -0.4 is 5.32 Å². The summed E-state index contributed by atoms with van der Waals surface area (Å²) in [6, 6.07) is 12.0. The Hall–Kier alpha value is -1.54. The summed E-state index contributed by atoms with van der Waals surface area (Å²) < 4.78 is 0. The molecule has 19 heavy (non-hydrogen) atoms. The van der Waals surface area contributed by atoms with Crippen molar-refractivity contribution in [3.63, 3.8) is 0 Å². The number of aryl methyl sites for hydroxylation is 2. The van der Waals surface area contributed by atoms with E-state index in [9.17, 15) is 0 Å². The van der Waals surface area contributed by atoms with Crippen molar-refractivity contribution in [1.29, 1.82) is 0 Å². The Bertz CT molecular complexity index is 483. The molecule has 0 aliphatic heterocycles. The number of aromatic nitrogens is 1. The monoisotopic (exact) mass is 276 g/mol. The molecule has 0 unspecified atom stereocenters. The van der Waals surface area contributed by atoms with Gasteiger partial charge in [0.1, 0.15) is 0 Å². The second-order valence-electron chi connectivity index (χ2n) is 3.88. The number of nitrogens with one attached hydrogen (secondary N) is 1. The van der Waals surface area contributed by atoms with Crippen molar-refractivity contribution < 1.29 is 0 Å². The summed E-state index contributed by atoms with van der Waals surface area (Å²) in [5.41, 5.74) is 3.30. The van der Waals surface area contributed by atoms with Crippen LogP contribution in [0.1, 0.15) is 25.1 Å². The molecule has 102 valence electrons. The molecule has 0 spiro atoms. The van der Waals surface area contributed by atoms with E-state index in [4.69, 9.17) is 11.6 Å². The maximum atomic E-state index is 6.21. The summed E-state index contributed by atoms with van der Waals surface area (Å²) in [6.45, 7) is 4.00. The number of pyridine rings is 1. The lowest BCUT2D eigenvalue weighted by atomic mass is 10.1. The molecule has 0 bridgehead atoms. The van der Waals surface area contributed by atoms with Crippen LogP contribution in [0.2, 0.25) is 5.02 Å². The minimum absolute atomic E-state index is 0.813. The van der Waals surface area contributed by atoms with Crippen LogP contribution >= 0.6 is 11.6 Å². The Morgan fingerprint density at radius 1 is 1.11 bits per heavy atom. The molecule has 0 radical (unpaired) electrons. The van der Waals surface area contributed by atoms with E-state index in [2.05, 4.69) is 16.4 Å². The van der Waals surface area contributed by atoms with Gasteiger partial charge in [-0.3, -0.25) is 4.98 Å². The molecule has 2 nitrogen and oxygen atoms in total. The van der Waals surface area contributed by atoms with Gasteiger partial charge >= 0.3 is 0 Å². The summed E-state index contributed by atoms with van der Waals surface area (Å²) >= 11 is 6.21. The van der Waals surface area contributed by atoms with Gasteiger partial charge in [-0.2, -0.15) is 0 Å². The van der Waals surface area contributed by atoms with E-state index in [0.29, 0.717) is 0 Å². The van der Waals surface area contributed by atoms with Crippen LogP contribution in [0.15, 0.2) is 42.6 Å². The third kappa shape index (κ3) is 4.92. The predicted octanol–water partition coefficient (Wildman–Crippen LogP) is 4.59. The number of rotatable bonds is 4. The number of halogens is 1. The van der Waals surface area contributed by atoms with E-state index in [1.54, 1.807) is 0 Å². The lowest BCUT2D eigenvalue weighted by Crippen LogP contribution is -1.95. The van der Waals surface area contributed by atoms with Crippen molar-refractivity contribution in [3.8, 4) is 0 Å². The van der Waals surface area contributed by atoms with Gasteiger partial charge in [-0.1, -0.05) is 37.6 Å². The summed E-state index contributed by atoms with van der Waals surface area (Å²) in [5.74, 6) is 0. The van der Waals surface area contributed by atoms with Crippen molar-refractivity contribution in [1.82, 2.24) is 4.98 Å². The highest BCUT2D eigenvalue weighted by molar-refractivity contribution is 6.31. The van der Waals surface area contributed by atoms with E-state index in [1.807, 2.05) is 57.4 Å². The van der Waals surface area contributed by atoms with E-state index in [0.717, 1.165) is 34.8 Å². The fraction of sp³-hybridized carbons (Fsp3) is 0.312. The van der Waals surface area contributed by atoms with Crippen LogP contribution in [0.25, 0.3) is 0 Å². The molecule has 1 aromatic carbocycles. The maximum Gasteiger partial charge on any atom is 0.0458 e. The first-order valence-electron chi connectivity index (χ1n) is 6.65. The van der Waals surface area contributed by atoms with Crippen LogP contribution in [0.5, 0.6) is 0 Å². The fourth-order valence-corrected chi connectivity index (χ4v) is 1.99. The van der Waals surface area contributed by atoms with Crippen molar-refractivity contribution in [3.05, 3.63) is 58.9 Å². The van der Waals surface area contributed by atoms with Crippen LogP contribution in [0, 0.1) is 0 Å². The Morgan fingerprint density at radius 2 is 1.89 bits per heavy atom. The minimum atomic E-state index is 0.813. The minimum Gasteiger partial charge on any atom is -0.388 e. The molecule has 0 aliphatic rings. The fourth-order valence-electron chi connectivity index (χ4n) is 1.71. The Kier molecular flexibility index (Phi) is 6.98. The summed E-state index contributed by atoms with van der Waals surface area (Å²) in [6.07, 6.45) is 3.65. The number of nitrogens with zero attached hydrogens (tertiary/aromatic N) is 1. The van der Waals surface area contributed by atoms with Gasteiger partial charge in [0.05, 0.1) is 0 Å². The first kappa shape index (κ1) is 15.5. The molecule has 0 aliphatic carbocycles. The van der Waals surface area contributed by atoms with Gasteiger partial charge in [0.2, 0.25) is 0 Å². The Labute approximate surface area is 120 Å². The van der Waals surface area contributed by atoms with Gasteiger partial charge in [-0.15, -0.1) is 0 Å². The van der Waals surface area contributed by atoms with Gasteiger partial charge in [0.15, 0.2) is 0 Å². The van der Waals surface area contributed by atoms with Crippen LogP contribution in [-0.4, -0.2) is 12.0 Å². The zero-order chi connectivity index (χ0) is 14.1. The largest absolute Gasteiger partial charge is 0.388 e. The molecule has 0 atom stereocenters. The molecule has 0 amide bonds. The van der Waals surface area contributed by atoms with Gasteiger partial charge in [-0.25, -0.2) is 0 Å². The summed E-state index contributed by atoms with van der Waals surface area (Å²) in [7, 11) is 1.89. The molecule has 0 saturated heterocycles. The molecular formula is C16H21ClN2. The highest BCUT2D eigenvalue weighted by Gasteiger charge is 2.02. The van der Waals surface area contributed by atoms with Gasteiger partial charge in [-0.05, 0) is 42.7 Å². The average molecular weight is 277 g/mol. The zero-order valence-electron chi connectivity index (χ0n) is 11.8. The number of hydrogen-bond donors (Lipinski definition) is 1. The van der Waals surface area contributed by atoms with Gasteiger partial charge in [0.25, 0.3) is 0 Å². The first-order chi connectivity index (χ1) is 9.29. The predicted molar refractivity (Wildman–Crippen MR) is 84.0 cm³/mol. The van der Waals surface area contributed by atoms with Gasteiger partial charge < -0.3 is 5.32 Å². The molecule has 3 heteroatoms. The Balaban J connectivity index is 0.000000861. The summed E-state index contributed by atoms with van der Waals surface area (Å²) in [5, 5.41) is 3.88. The third-order valence-electron chi connectivity index (χ3n) is 2.72. The zero-order valence-corrected chi connectivity index (χ0v) is 12.5. The lowest BCUT2D eigenvalue weighted by Gasteiger charge is -2.06. The molecule has 1 N–H and O–H groups in total. The molecule has 1 heterocycles. The number of anilines is 1. The molecule has 0 saturated carbocycles. The third-order valence-corrected chi connectivity index (χ3v) is 3.07. The molecule has 1 aromatic heterocycles.